The van der Waals surface area contributed by atoms with E-state index >= 15 is 0 Å². The lowest BCUT2D eigenvalue weighted by Crippen LogP contribution is -2.46. The summed E-state index contributed by atoms with van der Waals surface area (Å²) in [5.74, 6) is 0. The first-order chi connectivity index (χ1) is 11.0. The van der Waals surface area contributed by atoms with Crippen LogP contribution in [0.5, 0.6) is 0 Å². The zero-order valence-corrected chi connectivity index (χ0v) is 13.5. The molecule has 2 heterocycles. The summed E-state index contributed by atoms with van der Waals surface area (Å²) in [4.78, 5) is 12.9. The van der Waals surface area contributed by atoms with Crippen LogP contribution in [0.4, 0.5) is 5.69 Å². The molecule has 1 fully saturated rings. The standard InChI is InChI=1S/C17H22N4O2/c1-13-8-16(20-12-17(10-18-20)21(22)23)9-14(2)19(13)11-15-6-4-3-5-7-15/h3-7,10,12-14,16H,8-9,11H2,1-2H3/t13-,14?,16+/m1/s1. The van der Waals surface area contributed by atoms with Crippen molar-refractivity contribution in [2.75, 3.05) is 0 Å². The van der Waals surface area contributed by atoms with Gasteiger partial charge >= 0.3 is 5.69 Å². The van der Waals surface area contributed by atoms with Gasteiger partial charge in [-0.2, -0.15) is 5.10 Å². The first-order valence-corrected chi connectivity index (χ1v) is 8.03. The fraction of sp³-hybridized carbons (Fsp3) is 0.471. The van der Waals surface area contributed by atoms with Crippen molar-refractivity contribution in [3.8, 4) is 0 Å². The molecule has 0 bridgehead atoms. The van der Waals surface area contributed by atoms with Crippen LogP contribution < -0.4 is 0 Å². The molecule has 0 spiro atoms. The van der Waals surface area contributed by atoms with Crippen molar-refractivity contribution < 1.29 is 4.92 Å². The molecule has 1 unspecified atom stereocenters. The third kappa shape index (κ3) is 3.42. The van der Waals surface area contributed by atoms with Crippen LogP contribution in [-0.4, -0.2) is 31.7 Å². The van der Waals surface area contributed by atoms with E-state index in [1.165, 1.54) is 11.8 Å². The third-order valence-corrected chi connectivity index (χ3v) is 4.74. The van der Waals surface area contributed by atoms with E-state index in [-0.39, 0.29) is 16.7 Å². The van der Waals surface area contributed by atoms with Crippen LogP contribution in [0.1, 0.15) is 38.3 Å². The van der Waals surface area contributed by atoms with Crippen molar-refractivity contribution >= 4 is 5.69 Å². The number of likely N-dealkylation sites (tertiary alicyclic amines) is 1. The van der Waals surface area contributed by atoms with Crippen LogP contribution in [0, 0.1) is 10.1 Å². The molecule has 1 aromatic carbocycles. The molecule has 6 heteroatoms. The molecule has 6 nitrogen and oxygen atoms in total. The highest BCUT2D eigenvalue weighted by Crippen LogP contribution is 2.32. The minimum atomic E-state index is -0.388. The Morgan fingerprint density at radius 3 is 2.43 bits per heavy atom. The fourth-order valence-electron chi connectivity index (χ4n) is 3.53. The van der Waals surface area contributed by atoms with Gasteiger partial charge in [0, 0.05) is 18.6 Å². The van der Waals surface area contributed by atoms with E-state index in [0.717, 1.165) is 19.4 Å². The van der Waals surface area contributed by atoms with Crippen LogP contribution in [0.25, 0.3) is 0 Å². The number of hydrogen-bond donors (Lipinski definition) is 0. The van der Waals surface area contributed by atoms with Crippen LogP contribution in [0.2, 0.25) is 0 Å². The van der Waals surface area contributed by atoms with E-state index in [2.05, 4.69) is 48.1 Å². The maximum absolute atomic E-state index is 10.8. The van der Waals surface area contributed by atoms with E-state index in [0.29, 0.717) is 12.1 Å². The Labute approximate surface area is 135 Å². The van der Waals surface area contributed by atoms with E-state index in [9.17, 15) is 10.1 Å². The molecule has 122 valence electrons. The number of nitro groups is 1. The zero-order valence-electron chi connectivity index (χ0n) is 13.5. The Hall–Kier alpha value is -2.21. The first-order valence-electron chi connectivity index (χ1n) is 8.03. The largest absolute Gasteiger partial charge is 0.307 e. The van der Waals surface area contributed by atoms with Gasteiger partial charge in [-0.15, -0.1) is 0 Å². The van der Waals surface area contributed by atoms with Crippen molar-refractivity contribution in [1.82, 2.24) is 14.7 Å². The summed E-state index contributed by atoms with van der Waals surface area (Å²) >= 11 is 0. The van der Waals surface area contributed by atoms with Gasteiger partial charge in [-0.25, -0.2) is 0 Å². The van der Waals surface area contributed by atoms with Gasteiger partial charge in [0.2, 0.25) is 0 Å². The highest BCUT2D eigenvalue weighted by atomic mass is 16.6. The molecule has 3 atom stereocenters. The summed E-state index contributed by atoms with van der Waals surface area (Å²) in [6, 6.07) is 11.5. The Kier molecular flexibility index (Phi) is 4.43. The van der Waals surface area contributed by atoms with E-state index in [4.69, 9.17) is 0 Å². The van der Waals surface area contributed by atoms with E-state index in [1.54, 1.807) is 10.9 Å². The minimum absolute atomic E-state index is 0.0667. The number of aromatic nitrogens is 2. The van der Waals surface area contributed by atoms with Crippen molar-refractivity contribution in [2.24, 2.45) is 0 Å². The minimum Gasteiger partial charge on any atom is -0.294 e. The molecular formula is C17H22N4O2. The Morgan fingerprint density at radius 1 is 1.22 bits per heavy atom. The lowest BCUT2D eigenvalue weighted by Gasteiger charge is -2.42. The van der Waals surface area contributed by atoms with Crippen molar-refractivity contribution in [1.29, 1.82) is 0 Å². The maximum Gasteiger partial charge on any atom is 0.307 e. The maximum atomic E-state index is 10.8. The van der Waals surface area contributed by atoms with Crippen LogP contribution in [0.15, 0.2) is 42.7 Å². The van der Waals surface area contributed by atoms with Gasteiger partial charge in [0.25, 0.3) is 0 Å². The first kappa shape index (κ1) is 15.7. The van der Waals surface area contributed by atoms with Gasteiger partial charge in [-0.05, 0) is 32.3 Å². The molecular weight excluding hydrogens is 292 g/mol. The predicted molar refractivity (Wildman–Crippen MR) is 88.1 cm³/mol. The summed E-state index contributed by atoms with van der Waals surface area (Å²) < 4.78 is 1.77. The number of piperidine rings is 1. The van der Waals surface area contributed by atoms with Crippen LogP contribution in [-0.2, 0) is 6.54 Å². The molecule has 0 N–H and O–H groups in total. The van der Waals surface area contributed by atoms with Crippen molar-refractivity contribution in [3.63, 3.8) is 0 Å². The highest BCUT2D eigenvalue weighted by molar-refractivity contribution is 5.21. The lowest BCUT2D eigenvalue weighted by molar-refractivity contribution is -0.385. The predicted octanol–water partition coefficient (Wildman–Crippen LogP) is 3.41. The molecule has 1 aliphatic rings. The summed E-state index contributed by atoms with van der Waals surface area (Å²) in [6.45, 7) is 5.39. The fourth-order valence-corrected chi connectivity index (χ4v) is 3.53. The lowest BCUT2D eigenvalue weighted by atomic mass is 9.92. The number of nitrogens with zero attached hydrogens (tertiary/aromatic N) is 4. The van der Waals surface area contributed by atoms with E-state index < -0.39 is 0 Å². The second kappa shape index (κ2) is 6.50. The molecule has 0 amide bonds. The SMILES string of the molecule is CC1C[C@@H](n2cc([N+](=O)[O-])cn2)C[C@@H](C)N1Cc1ccccc1. The zero-order chi connectivity index (χ0) is 16.4. The number of benzene rings is 1. The monoisotopic (exact) mass is 314 g/mol. The summed E-state index contributed by atoms with van der Waals surface area (Å²) in [6.07, 6.45) is 4.80. The second-order valence-corrected chi connectivity index (χ2v) is 6.42. The van der Waals surface area contributed by atoms with Gasteiger partial charge in [0.15, 0.2) is 0 Å². The molecule has 23 heavy (non-hydrogen) atoms. The summed E-state index contributed by atoms with van der Waals surface area (Å²) in [5, 5.41) is 15.0. The molecule has 0 aliphatic carbocycles. The van der Waals surface area contributed by atoms with E-state index in [1.807, 2.05) is 6.07 Å². The van der Waals surface area contributed by atoms with Crippen molar-refractivity contribution in [2.45, 2.75) is 51.4 Å². The Morgan fingerprint density at radius 2 is 1.87 bits per heavy atom. The Bertz CT molecular complexity index is 658. The molecule has 1 aliphatic heterocycles. The molecule has 0 radical (unpaired) electrons. The van der Waals surface area contributed by atoms with Gasteiger partial charge in [0.05, 0.1) is 11.0 Å². The quantitative estimate of drug-likeness (QED) is 0.641. The normalized spacial score (nSPS) is 25.4. The molecule has 0 saturated carbocycles. The van der Waals surface area contributed by atoms with Gasteiger partial charge in [0.1, 0.15) is 12.4 Å². The summed E-state index contributed by atoms with van der Waals surface area (Å²) in [7, 11) is 0. The molecule has 1 saturated heterocycles. The molecule has 3 rings (SSSR count). The smallest absolute Gasteiger partial charge is 0.294 e. The topological polar surface area (TPSA) is 64.2 Å². The number of hydrogen-bond acceptors (Lipinski definition) is 4. The average molecular weight is 314 g/mol. The summed E-state index contributed by atoms with van der Waals surface area (Å²) in [5.41, 5.74) is 1.39. The molecule has 2 aromatic rings. The molecule has 1 aromatic heterocycles. The van der Waals surface area contributed by atoms with Crippen LogP contribution >= 0.6 is 0 Å². The van der Waals surface area contributed by atoms with Gasteiger partial charge in [-0.1, -0.05) is 30.3 Å². The second-order valence-electron chi connectivity index (χ2n) is 6.42. The number of rotatable bonds is 4. The van der Waals surface area contributed by atoms with Crippen LogP contribution in [0.3, 0.4) is 0 Å². The Balaban J connectivity index is 1.70. The highest BCUT2D eigenvalue weighted by Gasteiger charge is 2.32. The average Bonchev–Trinajstić information content (AvgIpc) is 3.02. The third-order valence-electron chi connectivity index (χ3n) is 4.74. The van der Waals surface area contributed by atoms with Crippen molar-refractivity contribution in [3.05, 3.63) is 58.4 Å². The van der Waals surface area contributed by atoms with Gasteiger partial charge < -0.3 is 0 Å². The van der Waals surface area contributed by atoms with Gasteiger partial charge in [-0.3, -0.25) is 19.7 Å².